The van der Waals surface area contributed by atoms with E-state index in [-0.39, 0.29) is 11.9 Å². The smallest absolute Gasteiger partial charge is 0.172 e. The minimum absolute atomic E-state index is 0.0328. The first kappa shape index (κ1) is 9.78. The first-order chi connectivity index (χ1) is 6.15. The van der Waals surface area contributed by atoms with Gasteiger partial charge in [0.1, 0.15) is 0 Å². The maximum atomic E-state index is 13.4. The second-order valence-electron chi connectivity index (χ2n) is 2.96. The van der Waals surface area contributed by atoms with Crippen molar-refractivity contribution in [3.63, 3.8) is 0 Å². The molecule has 0 saturated heterocycles. The molecular weight excluding hydrogens is 167 g/mol. The number of halogens is 1. The van der Waals surface area contributed by atoms with Gasteiger partial charge in [-0.1, -0.05) is 18.7 Å². The van der Waals surface area contributed by atoms with Crippen molar-refractivity contribution in [1.29, 1.82) is 0 Å². The molecule has 0 bridgehead atoms. The molecule has 0 heterocycles. The van der Waals surface area contributed by atoms with E-state index in [4.69, 9.17) is 4.74 Å². The molecule has 69 valence electrons. The molecule has 1 aromatic rings. The molecule has 0 fully saturated rings. The summed E-state index contributed by atoms with van der Waals surface area (Å²) in [6, 6.07) is 4.92. The number of ether oxygens (including phenoxy) is 1. The molecule has 1 aromatic carbocycles. The summed E-state index contributed by atoms with van der Waals surface area (Å²) in [7, 11) is 0. The topological polar surface area (TPSA) is 9.23 Å². The lowest BCUT2D eigenvalue weighted by Crippen LogP contribution is -2.07. The third-order valence-electron chi connectivity index (χ3n) is 1.52. The molecule has 1 nitrogen and oxygen atoms in total. The predicted octanol–water partition coefficient (Wildman–Crippen LogP) is 2.95. The van der Waals surface area contributed by atoms with Gasteiger partial charge in [0.15, 0.2) is 11.6 Å². The van der Waals surface area contributed by atoms with E-state index in [1.807, 2.05) is 13.8 Å². The SMILES string of the molecule is C=[C]c1cccc(OC(C)C)c1F. The van der Waals surface area contributed by atoms with Crippen molar-refractivity contribution >= 4 is 0 Å². The van der Waals surface area contributed by atoms with E-state index in [9.17, 15) is 4.39 Å². The minimum atomic E-state index is -0.397. The van der Waals surface area contributed by atoms with E-state index in [0.29, 0.717) is 5.56 Å². The average molecular weight is 179 g/mol. The van der Waals surface area contributed by atoms with Gasteiger partial charge in [-0.25, -0.2) is 4.39 Å². The van der Waals surface area contributed by atoms with Crippen LogP contribution in [0.1, 0.15) is 19.4 Å². The van der Waals surface area contributed by atoms with Crippen molar-refractivity contribution in [2.45, 2.75) is 20.0 Å². The number of rotatable bonds is 3. The molecule has 0 amide bonds. The zero-order valence-electron chi connectivity index (χ0n) is 7.80. The van der Waals surface area contributed by atoms with E-state index >= 15 is 0 Å². The molecule has 0 aromatic heterocycles. The molecule has 0 N–H and O–H groups in total. The number of benzene rings is 1. The zero-order chi connectivity index (χ0) is 9.84. The van der Waals surface area contributed by atoms with Crippen molar-refractivity contribution in [3.8, 4) is 5.75 Å². The monoisotopic (exact) mass is 179 g/mol. The minimum Gasteiger partial charge on any atom is -0.488 e. The van der Waals surface area contributed by atoms with Gasteiger partial charge in [0.2, 0.25) is 0 Å². The maximum absolute atomic E-state index is 13.4. The van der Waals surface area contributed by atoms with Crippen LogP contribution in [0, 0.1) is 11.9 Å². The van der Waals surface area contributed by atoms with Gasteiger partial charge in [0.05, 0.1) is 6.10 Å². The summed E-state index contributed by atoms with van der Waals surface area (Å²) in [6.07, 6.45) is 2.47. The van der Waals surface area contributed by atoms with Gasteiger partial charge >= 0.3 is 0 Å². The van der Waals surface area contributed by atoms with Crippen LogP contribution >= 0.6 is 0 Å². The van der Waals surface area contributed by atoms with Gasteiger partial charge < -0.3 is 4.74 Å². The largest absolute Gasteiger partial charge is 0.488 e. The van der Waals surface area contributed by atoms with Gasteiger partial charge in [0.25, 0.3) is 0 Å². The Morgan fingerprint density at radius 2 is 2.15 bits per heavy atom. The van der Waals surface area contributed by atoms with E-state index in [0.717, 1.165) is 0 Å². The standard InChI is InChI=1S/C11H12FO/c1-4-9-6-5-7-10(11(9)12)13-8(2)3/h5-8H,1H2,2-3H3. The van der Waals surface area contributed by atoms with E-state index in [1.54, 1.807) is 18.2 Å². The predicted molar refractivity (Wildman–Crippen MR) is 50.1 cm³/mol. The van der Waals surface area contributed by atoms with Gasteiger partial charge in [-0.3, -0.25) is 0 Å². The molecule has 0 unspecified atom stereocenters. The van der Waals surface area contributed by atoms with Gasteiger partial charge in [-0.15, -0.1) is 0 Å². The Kier molecular flexibility index (Phi) is 3.07. The first-order valence-corrected chi connectivity index (χ1v) is 4.13. The van der Waals surface area contributed by atoms with Crippen LogP contribution in [-0.4, -0.2) is 6.10 Å². The summed E-state index contributed by atoms with van der Waals surface area (Å²) < 4.78 is 18.7. The average Bonchev–Trinajstić information content (AvgIpc) is 2.08. The summed E-state index contributed by atoms with van der Waals surface area (Å²) >= 11 is 0. The summed E-state index contributed by atoms with van der Waals surface area (Å²) in [5.74, 6) is -0.144. The third kappa shape index (κ3) is 2.31. The third-order valence-corrected chi connectivity index (χ3v) is 1.52. The Hall–Kier alpha value is -1.31. The van der Waals surface area contributed by atoms with Crippen LogP contribution in [0.25, 0.3) is 0 Å². The zero-order valence-corrected chi connectivity index (χ0v) is 7.80. The summed E-state index contributed by atoms with van der Waals surface area (Å²) in [5, 5.41) is 0. The Morgan fingerprint density at radius 1 is 1.46 bits per heavy atom. The summed E-state index contributed by atoms with van der Waals surface area (Å²) in [4.78, 5) is 0. The second-order valence-corrected chi connectivity index (χ2v) is 2.96. The highest BCUT2D eigenvalue weighted by atomic mass is 19.1. The Morgan fingerprint density at radius 3 is 2.69 bits per heavy atom. The molecule has 0 aliphatic rings. The fourth-order valence-corrected chi connectivity index (χ4v) is 0.992. The molecular formula is C11H12FO. The fourth-order valence-electron chi connectivity index (χ4n) is 0.992. The van der Waals surface area contributed by atoms with Crippen molar-refractivity contribution in [2.75, 3.05) is 0 Å². The first-order valence-electron chi connectivity index (χ1n) is 4.13. The highest BCUT2D eigenvalue weighted by Crippen LogP contribution is 2.21. The molecule has 0 saturated carbocycles. The number of hydrogen-bond acceptors (Lipinski definition) is 1. The normalized spacial score (nSPS) is 10.2. The van der Waals surface area contributed by atoms with Crippen molar-refractivity contribution < 1.29 is 9.13 Å². The lowest BCUT2D eigenvalue weighted by Gasteiger charge is -2.11. The molecule has 13 heavy (non-hydrogen) atoms. The van der Waals surface area contributed by atoms with Crippen LogP contribution in [-0.2, 0) is 0 Å². The number of hydrogen-bond donors (Lipinski definition) is 0. The van der Waals surface area contributed by atoms with E-state index in [1.165, 1.54) is 0 Å². The Balaban J connectivity index is 3.01. The quantitative estimate of drug-likeness (QED) is 0.693. The van der Waals surface area contributed by atoms with Gasteiger partial charge in [-0.05, 0) is 26.0 Å². The summed E-state index contributed by atoms with van der Waals surface area (Å²) in [6.45, 7) is 7.09. The van der Waals surface area contributed by atoms with Crippen LogP contribution in [0.15, 0.2) is 24.8 Å². The van der Waals surface area contributed by atoms with E-state index in [2.05, 4.69) is 12.7 Å². The molecule has 0 aliphatic heterocycles. The van der Waals surface area contributed by atoms with Crippen molar-refractivity contribution in [3.05, 3.63) is 42.2 Å². The highest BCUT2D eigenvalue weighted by molar-refractivity contribution is 5.34. The van der Waals surface area contributed by atoms with Crippen LogP contribution in [0.3, 0.4) is 0 Å². The van der Waals surface area contributed by atoms with E-state index < -0.39 is 5.82 Å². The molecule has 2 heteroatoms. The Bertz CT molecular complexity index is 305. The Labute approximate surface area is 77.8 Å². The second kappa shape index (κ2) is 4.08. The fraction of sp³-hybridized carbons (Fsp3) is 0.273. The maximum Gasteiger partial charge on any atom is 0.172 e. The van der Waals surface area contributed by atoms with Crippen molar-refractivity contribution in [2.24, 2.45) is 0 Å². The highest BCUT2D eigenvalue weighted by Gasteiger charge is 2.07. The van der Waals surface area contributed by atoms with Crippen molar-refractivity contribution in [1.82, 2.24) is 0 Å². The molecule has 0 spiro atoms. The molecule has 1 rings (SSSR count). The lowest BCUT2D eigenvalue weighted by atomic mass is 10.2. The molecule has 1 radical (unpaired) electrons. The lowest BCUT2D eigenvalue weighted by molar-refractivity contribution is 0.231. The molecule has 0 atom stereocenters. The van der Waals surface area contributed by atoms with Gasteiger partial charge in [-0.2, -0.15) is 0 Å². The van der Waals surface area contributed by atoms with Gasteiger partial charge in [0, 0.05) is 5.56 Å². The summed E-state index contributed by atoms with van der Waals surface area (Å²) in [5.41, 5.74) is 0.346. The van der Waals surface area contributed by atoms with Crippen LogP contribution in [0.2, 0.25) is 0 Å². The van der Waals surface area contributed by atoms with Crippen LogP contribution in [0.4, 0.5) is 4.39 Å². The molecule has 0 aliphatic carbocycles. The van der Waals surface area contributed by atoms with Crippen LogP contribution in [0.5, 0.6) is 5.75 Å². The van der Waals surface area contributed by atoms with Crippen LogP contribution < -0.4 is 4.74 Å².